The van der Waals surface area contributed by atoms with Gasteiger partial charge in [-0.3, -0.25) is 9.78 Å². The van der Waals surface area contributed by atoms with Crippen molar-refractivity contribution in [3.8, 4) is 5.75 Å². The van der Waals surface area contributed by atoms with E-state index in [9.17, 15) is 4.79 Å². The first-order chi connectivity index (χ1) is 9.72. The van der Waals surface area contributed by atoms with Gasteiger partial charge in [0.15, 0.2) is 0 Å². The number of benzene rings is 1. The number of nitrogen functional groups attached to an aromatic ring is 1. The summed E-state index contributed by atoms with van der Waals surface area (Å²) in [6.07, 6.45) is 3.71. The lowest BCUT2D eigenvalue weighted by molar-refractivity contribution is 0.0954. The Hall–Kier alpha value is -2.56. The van der Waals surface area contributed by atoms with E-state index < -0.39 is 0 Å². The quantitative estimate of drug-likeness (QED) is 0.866. The molecule has 1 aromatic heterocycles. The van der Waals surface area contributed by atoms with Crippen LogP contribution in [0.25, 0.3) is 0 Å². The summed E-state index contributed by atoms with van der Waals surface area (Å²) in [5, 5.41) is 2.83. The molecule has 0 unspecified atom stereocenters. The monoisotopic (exact) mass is 271 g/mol. The van der Waals surface area contributed by atoms with Crippen LogP contribution >= 0.6 is 0 Å². The van der Waals surface area contributed by atoms with Crippen LogP contribution in [0.5, 0.6) is 5.75 Å². The molecule has 1 heterocycles. The maximum Gasteiger partial charge on any atom is 0.254 e. The minimum Gasteiger partial charge on any atom is -0.496 e. The third-order valence-corrected chi connectivity index (χ3v) is 2.97. The van der Waals surface area contributed by atoms with E-state index in [2.05, 4.69) is 10.3 Å². The van der Waals surface area contributed by atoms with Gasteiger partial charge in [-0.15, -0.1) is 0 Å². The van der Waals surface area contributed by atoms with Crippen LogP contribution in [0, 0.1) is 0 Å². The fourth-order valence-corrected chi connectivity index (χ4v) is 1.91. The summed E-state index contributed by atoms with van der Waals surface area (Å²) in [4.78, 5) is 15.8. The van der Waals surface area contributed by atoms with Gasteiger partial charge in [0.1, 0.15) is 5.75 Å². The highest BCUT2D eigenvalue weighted by Crippen LogP contribution is 2.17. The summed E-state index contributed by atoms with van der Waals surface area (Å²) in [5.41, 5.74) is 7.60. The molecule has 0 saturated carbocycles. The fourth-order valence-electron chi connectivity index (χ4n) is 1.91. The van der Waals surface area contributed by atoms with Gasteiger partial charge in [-0.05, 0) is 24.1 Å². The van der Waals surface area contributed by atoms with Gasteiger partial charge in [0.25, 0.3) is 5.91 Å². The summed E-state index contributed by atoms with van der Waals surface area (Å²) in [6, 6.07) is 9.34. The number of ether oxygens (including phenoxy) is 1. The van der Waals surface area contributed by atoms with Crippen molar-refractivity contribution in [1.82, 2.24) is 10.3 Å². The molecular formula is C15H17N3O2. The van der Waals surface area contributed by atoms with Crippen LogP contribution in [0.15, 0.2) is 42.7 Å². The van der Waals surface area contributed by atoms with Crippen molar-refractivity contribution in [2.75, 3.05) is 19.4 Å². The Labute approximate surface area is 117 Å². The molecule has 20 heavy (non-hydrogen) atoms. The Morgan fingerprint density at radius 1 is 1.35 bits per heavy atom. The second-order valence-corrected chi connectivity index (χ2v) is 4.28. The molecule has 0 spiro atoms. The molecule has 0 aliphatic carbocycles. The number of aromatic nitrogens is 1. The third kappa shape index (κ3) is 3.26. The van der Waals surface area contributed by atoms with Gasteiger partial charge in [-0.1, -0.05) is 18.2 Å². The lowest BCUT2D eigenvalue weighted by atomic mass is 10.1. The predicted octanol–water partition coefficient (Wildman–Crippen LogP) is 1.64. The molecule has 3 N–H and O–H groups in total. The minimum atomic E-state index is -0.217. The van der Waals surface area contributed by atoms with Crippen molar-refractivity contribution >= 4 is 11.6 Å². The summed E-state index contributed by atoms with van der Waals surface area (Å²) in [7, 11) is 1.63. The largest absolute Gasteiger partial charge is 0.496 e. The molecule has 0 radical (unpaired) electrons. The Bertz CT molecular complexity index is 599. The van der Waals surface area contributed by atoms with Crippen LogP contribution in [0.2, 0.25) is 0 Å². The number of methoxy groups -OCH3 is 1. The van der Waals surface area contributed by atoms with Crippen molar-refractivity contribution in [1.29, 1.82) is 0 Å². The molecule has 0 aliphatic heterocycles. The molecule has 5 heteroatoms. The third-order valence-electron chi connectivity index (χ3n) is 2.97. The van der Waals surface area contributed by atoms with E-state index in [1.54, 1.807) is 19.4 Å². The minimum absolute atomic E-state index is 0.217. The highest BCUT2D eigenvalue weighted by atomic mass is 16.5. The number of rotatable bonds is 5. The van der Waals surface area contributed by atoms with Crippen molar-refractivity contribution in [3.63, 3.8) is 0 Å². The number of nitrogens with two attached hydrogens (primary N) is 1. The molecule has 0 fully saturated rings. The molecule has 0 saturated heterocycles. The maximum absolute atomic E-state index is 11.9. The Balaban J connectivity index is 1.93. The number of nitrogens with one attached hydrogen (secondary N) is 1. The van der Waals surface area contributed by atoms with Gasteiger partial charge in [-0.2, -0.15) is 0 Å². The second-order valence-electron chi connectivity index (χ2n) is 4.28. The molecule has 104 valence electrons. The molecule has 0 bridgehead atoms. The van der Waals surface area contributed by atoms with Crippen molar-refractivity contribution in [2.45, 2.75) is 6.42 Å². The highest BCUT2D eigenvalue weighted by molar-refractivity contribution is 5.98. The van der Waals surface area contributed by atoms with Gasteiger partial charge in [0, 0.05) is 24.6 Å². The van der Waals surface area contributed by atoms with Gasteiger partial charge >= 0.3 is 0 Å². The van der Waals surface area contributed by atoms with Gasteiger partial charge in [-0.25, -0.2) is 0 Å². The topological polar surface area (TPSA) is 77.2 Å². The van der Waals surface area contributed by atoms with E-state index in [0.29, 0.717) is 24.2 Å². The zero-order chi connectivity index (χ0) is 14.4. The van der Waals surface area contributed by atoms with Crippen LogP contribution in [-0.2, 0) is 6.42 Å². The SMILES string of the molecule is COc1ccccc1CCNC(=O)c1cnccc1N. The molecule has 1 aromatic carbocycles. The maximum atomic E-state index is 11.9. The number of anilines is 1. The number of carbonyl (C=O) groups is 1. The summed E-state index contributed by atoms with van der Waals surface area (Å²) >= 11 is 0. The molecular weight excluding hydrogens is 254 g/mol. The van der Waals surface area contributed by atoms with Gasteiger partial charge < -0.3 is 15.8 Å². The summed E-state index contributed by atoms with van der Waals surface area (Å²) in [6.45, 7) is 0.507. The molecule has 0 atom stereocenters. The number of amides is 1. The zero-order valence-corrected chi connectivity index (χ0v) is 11.3. The van der Waals surface area contributed by atoms with E-state index in [-0.39, 0.29) is 5.91 Å². The van der Waals surface area contributed by atoms with E-state index in [1.807, 2.05) is 24.3 Å². The number of nitrogens with zero attached hydrogens (tertiary/aromatic N) is 1. The van der Waals surface area contributed by atoms with Crippen LogP contribution in [0.4, 0.5) is 5.69 Å². The van der Waals surface area contributed by atoms with Gasteiger partial charge in [0.2, 0.25) is 0 Å². The smallest absolute Gasteiger partial charge is 0.254 e. The van der Waals surface area contributed by atoms with Crippen LogP contribution in [-0.4, -0.2) is 24.5 Å². The van der Waals surface area contributed by atoms with Crippen LogP contribution in [0.1, 0.15) is 15.9 Å². The second kappa shape index (κ2) is 6.56. The van der Waals surface area contributed by atoms with Crippen LogP contribution < -0.4 is 15.8 Å². The molecule has 0 aliphatic rings. The summed E-state index contributed by atoms with van der Waals surface area (Å²) in [5.74, 6) is 0.605. The van der Waals surface area contributed by atoms with Crippen molar-refractivity contribution < 1.29 is 9.53 Å². The van der Waals surface area contributed by atoms with E-state index >= 15 is 0 Å². The molecule has 2 rings (SSSR count). The van der Waals surface area contributed by atoms with E-state index in [0.717, 1.165) is 11.3 Å². The molecule has 1 amide bonds. The summed E-state index contributed by atoms with van der Waals surface area (Å²) < 4.78 is 5.26. The number of pyridine rings is 1. The fraction of sp³-hybridized carbons (Fsp3) is 0.200. The van der Waals surface area contributed by atoms with E-state index in [4.69, 9.17) is 10.5 Å². The number of para-hydroxylation sites is 1. The van der Waals surface area contributed by atoms with Crippen molar-refractivity contribution in [2.24, 2.45) is 0 Å². The Morgan fingerprint density at radius 3 is 2.90 bits per heavy atom. The Kier molecular flexibility index (Phi) is 4.55. The number of hydrogen-bond donors (Lipinski definition) is 2. The van der Waals surface area contributed by atoms with E-state index in [1.165, 1.54) is 6.20 Å². The Morgan fingerprint density at radius 2 is 2.15 bits per heavy atom. The highest BCUT2D eigenvalue weighted by Gasteiger charge is 2.09. The molecule has 2 aromatic rings. The first-order valence-corrected chi connectivity index (χ1v) is 6.32. The van der Waals surface area contributed by atoms with Crippen molar-refractivity contribution in [3.05, 3.63) is 53.9 Å². The average molecular weight is 271 g/mol. The number of hydrogen-bond acceptors (Lipinski definition) is 4. The molecule has 5 nitrogen and oxygen atoms in total. The average Bonchev–Trinajstić information content (AvgIpc) is 2.48. The first-order valence-electron chi connectivity index (χ1n) is 6.32. The number of carbonyl (C=O) groups excluding carboxylic acids is 1. The predicted molar refractivity (Wildman–Crippen MR) is 77.7 cm³/mol. The zero-order valence-electron chi connectivity index (χ0n) is 11.3. The van der Waals surface area contributed by atoms with Gasteiger partial charge in [0.05, 0.1) is 12.7 Å². The standard InChI is InChI=1S/C15H17N3O2/c1-20-14-5-3-2-4-11(14)6-9-18-15(19)12-10-17-8-7-13(12)16/h2-5,7-8,10H,6,9H2,1H3,(H2,16,17)(H,18,19). The normalized spacial score (nSPS) is 10.1. The lowest BCUT2D eigenvalue weighted by Gasteiger charge is -2.09. The first kappa shape index (κ1) is 13.9. The lowest BCUT2D eigenvalue weighted by Crippen LogP contribution is -2.26. The van der Waals surface area contributed by atoms with Crippen LogP contribution in [0.3, 0.4) is 0 Å².